The minimum absolute atomic E-state index is 0.0162. The fourth-order valence-electron chi connectivity index (χ4n) is 1.90. The molecule has 1 amide bonds. The summed E-state index contributed by atoms with van der Waals surface area (Å²) in [7, 11) is 5.63. The van der Waals surface area contributed by atoms with Crippen LogP contribution in [0.2, 0.25) is 0 Å². The fraction of sp³-hybridized carbons (Fsp3) is 0.667. The zero-order chi connectivity index (χ0) is 13.4. The molecule has 1 heterocycles. The van der Waals surface area contributed by atoms with Gasteiger partial charge in [0.05, 0.1) is 0 Å². The molecule has 100 valence electrons. The molecule has 0 spiro atoms. The lowest BCUT2D eigenvalue weighted by Gasteiger charge is -2.24. The van der Waals surface area contributed by atoms with E-state index in [0.717, 1.165) is 5.13 Å². The van der Waals surface area contributed by atoms with Gasteiger partial charge in [0.25, 0.3) is 5.91 Å². The van der Waals surface area contributed by atoms with Crippen LogP contribution in [0.1, 0.15) is 29.4 Å². The monoisotopic (exact) mass is 268 g/mol. The third-order valence-electron chi connectivity index (χ3n) is 3.45. The molecule has 5 nitrogen and oxygen atoms in total. The largest absolute Gasteiger partial charge is 0.382 e. The number of anilines is 2. The zero-order valence-corrected chi connectivity index (χ0v) is 12.1. The second-order valence-corrected chi connectivity index (χ2v) is 6.08. The van der Waals surface area contributed by atoms with Crippen LogP contribution in [-0.4, -0.2) is 43.0 Å². The number of carbonyl (C=O) groups is 1. The van der Waals surface area contributed by atoms with Crippen LogP contribution < -0.4 is 10.6 Å². The molecule has 1 unspecified atom stereocenters. The highest BCUT2D eigenvalue weighted by Crippen LogP contribution is 2.36. The Bertz CT molecular complexity index is 453. The molecule has 0 radical (unpaired) electrons. The van der Waals surface area contributed by atoms with Crippen molar-refractivity contribution in [3.8, 4) is 0 Å². The Labute approximate surface area is 112 Å². The molecule has 1 atom stereocenters. The normalized spacial score (nSPS) is 16.4. The first-order valence-electron chi connectivity index (χ1n) is 6.12. The van der Waals surface area contributed by atoms with Crippen molar-refractivity contribution < 1.29 is 4.79 Å². The maximum atomic E-state index is 12.4. The van der Waals surface area contributed by atoms with Crippen LogP contribution in [0.25, 0.3) is 0 Å². The molecule has 18 heavy (non-hydrogen) atoms. The van der Waals surface area contributed by atoms with E-state index in [9.17, 15) is 4.79 Å². The minimum Gasteiger partial charge on any atom is -0.382 e. The third kappa shape index (κ3) is 2.43. The molecule has 1 aromatic heterocycles. The van der Waals surface area contributed by atoms with Gasteiger partial charge in [-0.15, -0.1) is 0 Å². The Morgan fingerprint density at radius 1 is 1.44 bits per heavy atom. The second-order valence-electron chi connectivity index (χ2n) is 5.10. The van der Waals surface area contributed by atoms with Crippen LogP contribution in [0.4, 0.5) is 10.9 Å². The van der Waals surface area contributed by atoms with Crippen LogP contribution in [0.5, 0.6) is 0 Å². The van der Waals surface area contributed by atoms with E-state index in [0.29, 0.717) is 16.6 Å². The summed E-state index contributed by atoms with van der Waals surface area (Å²) in [4.78, 5) is 20.8. The van der Waals surface area contributed by atoms with Gasteiger partial charge in [0.1, 0.15) is 10.7 Å². The number of amides is 1. The summed E-state index contributed by atoms with van der Waals surface area (Å²) >= 11 is 1.35. The molecule has 1 aromatic rings. The summed E-state index contributed by atoms with van der Waals surface area (Å²) in [6, 6.07) is 0.279. The van der Waals surface area contributed by atoms with Crippen LogP contribution in [0.3, 0.4) is 0 Å². The lowest BCUT2D eigenvalue weighted by molar-refractivity contribution is 0.0733. The lowest BCUT2D eigenvalue weighted by atomic mass is 10.2. The molecule has 0 saturated heterocycles. The predicted molar refractivity (Wildman–Crippen MR) is 75.1 cm³/mol. The van der Waals surface area contributed by atoms with Crippen LogP contribution in [0.15, 0.2) is 0 Å². The first kappa shape index (κ1) is 13.1. The summed E-state index contributed by atoms with van der Waals surface area (Å²) in [5.74, 6) is 0.975. The number of aromatic nitrogens is 1. The van der Waals surface area contributed by atoms with E-state index in [1.807, 2.05) is 26.0 Å². The highest BCUT2D eigenvalue weighted by molar-refractivity contribution is 7.18. The highest BCUT2D eigenvalue weighted by atomic mass is 32.1. The standard InChI is InChI=1S/C12H20N4OS/c1-7(8-5-6-8)16(4)11(17)9-10(13)14-12(18-9)15(2)3/h7-8H,5-6,13H2,1-4H3. The van der Waals surface area contributed by atoms with Gasteiger partial charge in [0, 0.05) is 27.2 Å². The highest BCUT2D eigenvalue weighted by Gasteiger charge is 2.34. The van der Waals surface area contributed by atoms with Gasteiger partial charge in [-0.2, -0.15) is 0 Å². The van der Waals surface area contributed by atoms with Gasteiger partial charge in [-0.05, 0) is 25.7 Å². The number of nitrogens with two attached hydrogens (primary N) is 1. The number of rotatable bonds is 4. The topological polar surface area (TPSA) is 62.5 Å². The van der Waals surface area contributed by atoms with E-state index in [4.69, 9.17) is 5.73 Å². The molecule has 2 N–H and O–H groups in total. The number of carbonyl (C=O) groups excluding carboxylic acids is 1. The molecule has 1 saturated carbocycles. The first-order chi connectivity index (χ1) is 8.41. The SMILES string of the molecule is CC(C1CC1)N(C)C(=O)c1sc(N(C)C)nc1N. The van der Waals surface area contributed by atoms with E-state index in [1.165, 1.54) is 24.2 Å². The summed E-state index contributed by atoms with van der Waals surface area (Å²) < 4.78 is 0. The second kappa shape index (κ2) is 4.76. The van der Waals surface area contributed by atoms with E-state index in [-0.39, 0.29) is 11.9 Å². The molecule has 2 rings (SSSR count). The van der Waals surface area contributed by atoms with Crippen molar-refractivity contribution in [3.05, 3.63) is 4.88 Å². The third-order valence-corrected chi connectivity index (χ3v) is 4.68. The van der Waals surface area contributed by atoms with Gasteiger partial charge in [-0.3, -0.25) is 4.79 Å². The molecule has 0 aliphatic heterocycles. The Morgan fingerprint density at radius 2 is 2.06 bits per heavy atom. The van der Waals surface area contributed by atoms with Gasteiger partial charge >= 0.3 is 0 Å². The molecule has 1 aliphatic rings. The van der Waals surface area contributed by atoms with Gasteiger partial charge in [-0.1, -0.05) is 11.3 Å². The first-order valence-corrected chi connectivity index (χ1v) is 6.94. The van der Waals surface area contributed by atoms with E-state index < -0.39 is 0 Å². The smallest absolute Gasteiger partial charge is 0.267 e. The Kier molecular flexibility index (Phi) is 3.47. The van der Waals surface area contributed by atoms with E-state index >= 15 is 0 Å². The average Bonchev–Trinajstić information content (AvgIpc) is 3.09. The summed E-state index contributed by atoms with van der Waals surface area (Å²) in [6.07, 6.45) is 2.44. The van der Waals surface area contributed by atoms with Gasteiger partial charge in [0.15, 0.2) is 5.13 Å². The molecule has 1 fully saturated rings. The van der Waals surface area contributed by atoms with Crippen molar-refractivity contribution in [2.24, 2.45) is 5.92 Å². The molecule has 0 aromatic carbocycles. The van der Waals surface area contributed by atoms with Crippen LogP contribution in [0, 0.1) is 5.92 Å². The maximum absolute atomic E-state index is 12.4. The number of thiazole rings is 1. The van der Waals surface area contributed by atoms with Crippen molar-refractivity contribution >= 4 is 28.2 Å². The number of nitrogens with zero attached hydrogens (tertiary/aromatic N) is 3. The van der Waals surface area contributed by atoms with Crippen LogP contribution in [-0.2, 0) is 0 Å². The summed E-state index contributed by atoms with van der Waals surface area (Å²) in [5.41, 5.74) is 5.83. The van der Waals surface area contributed by atoms with Crippen molar-refractivity contribution in [3.63, 3.8) is 0 Å². The molecular formula is C12H20N4OS. The zero-order valence-electron chi connectivity index (χ0n) is 11.3. The van der Waals surface area contributed by atoms with Crippen molar-refractivity contribution in [1.82, 2.24) is 9.88 Å². The minimum atomic E-state index is -0.0162. The van der Waals surface area contributed by atoms with E-state index in [1.54, 1.807) is 4.90 Å². The summed E-state index contributed by atoms with van der Waals surface area (Å²) in [5, 5.41) is 0.767. The van der Waals surface area contributed by atoms with Crippen LogP contribution >= 0.6 is 11.3 Å². The Balaban J connectivity index is 2.17. The van der Waals surface area contributed by atoms with Gasteiger partial charge < -0.3 is 15.5 Å². The van der Waals surface area contributed by atoms with Gasteiger partial charge in [0.2, 0.25) is 0 Å². The van der Waals surface area contributed by atoms with E-state index in [2.05, 4.69) is 11.9 Å². The predicted octanol–water partition coefficient (Wildman–Crippen LogP) is 1.66. The van der Waals surface area contributed by atoms with Crippen molar-refractivity contribution in [2.45, 2.75) is 25.8 Å². The van der Waals surface area contributed by atoms with Crippen molar-refractivity contribution in [2.75, 3.05) is 31.8 Å². The lowest BCUT2D eigenvalue weighted by Crippen LogP contribution is -2.36. The molecule has 0 bridgehead atoms. The average molecular weight is 268 g/mol. The molecular weight excluding hydrogens is 248 g/mol. The van der Waals surface area contributed by atoms with Gasteiger partial charge in [-0.25, -0.2) is 4.98 Å². The molecule has 6 heteroatoms. The number of hydrogen-bond donors (Lipinski definition) is 1. The Morgan fingerprint density at radius 3 is 2.50 bits per heavy atom. The van der Waals surface area contributed by atoms with Crippen molar-refractivity contribution in [1.29, 1.82) is 0 Å². The summed E-state index contributed by atoms with van der Waals surface area (Å²) in [6.45, 7) is 2.10. The fourth-order valence-corrected chi connectivity index (χ4v) is 2.80. The molecule has 1 aliphatic carbocycles. The number of hydrogen-bond acceptors (Lipinski definition) is 5. The Hall–Kier alpha value is -1.30. The number of nitrogen functional groups attached to an aromatic ring is 1. The quantitative estimate of drug-likeness (QED) is 0.902. The maximum Gasteiger partial charge on any atom is 0.267 e.